The summed E-state index contributed by atoms with van der Waals surface area (Å²) in [5.41, 5.74) is 1.57. The number of anilines is 1. The van der Waals surface area contributed by atoms with Crippen molar-refractivity contribution in [2.24, 2.45) is 0 Å². The van der Waals surface area contributed by atoms with E-state index in [4.69, 9.17) is 4.42 Å². The van der Waals surface area contributed by atoms with Gasteiger partial charge in [0.05, 0.1) is 12.8 Å². The maximum absolute atomic E-state index is 14.0. The van der Waals surface area contributed by atoms with Crippen LogP contribution in [0.2, 0.25) is 0 Å². The van der Waals surface area contributed by atoms with Gasteiger partial charge in [-0.05, 0) is 24.3 Å². The second-order valence-electron chi connectivity index (χ2n) is 5.21. The standard InChI is InChI=1S/C16H21FN2O/c1-12(2)18-10-14-15(17)7-4-8-16(14)19(3)11-13-6-5-9-20-13/h4-9,12,18H,10-11H2,1-3H3. The molecule has 3 nitrogen and oxygen atoms in total. The number of rotatable bonds is 6. The van der Waals surface area contributed by atoms with E-state index in [1.165, 1.54) is 6.07 Å². The predicted molar refractivity (Wildman–Crippen MR) is 79.2 cm³/mol. The van der Waals surface area contributed by atoms with Gasteiger partial charge in [0.2, 0.25) is 0 Å². The van der Waals surface area contributed by atoms with Crippen molar-refractivity contribution < 1.29 is 8.81 Å². The molecule has 0 amide bonds. The normalized spacial score (nSPS) is 11.1. The highest BCUT2D eigenvalue weighted by Crippen LogP contribution is 2.24. The van der Waals surface area contributed by atoms with Gasteiger partial charge in [0, 0.05) is 30.9 Å². The van der Waals surface area contributed by atoms with Gasteiger partial charge >= 0.3 is 0 Å². The molecule has 2 aromatic rings. The van der Waals surface area contributed by atoms with E-state index in [1.807, 2.05) is 44.0 Å². The lowest BCUT2D eigenvalue weighted by Gasteiger charge is -2.22. The van der Waals surface area contributed by atoms with Crippen LogP contribution in [0.1, 0.15) is 25.2 Å². The molecule has 0 saturated heterocycles. The second kappa shape index (κ2) is 6.57. The highest BCUT2D eigenvalue weighted by atomic mass is 19.1. The van der Waals surface area contributed by atoms with Crippen molar-refractivity contribution in [3.63, 3.8) is 0 Å². The van der Waals surface area contributed by atoms with E-state index in [2.05, 4.69) is 5.32 Å². The number of halogens is 1. The van der Waals surface area contributed by atoms with Gasteiger partial charge in [0.1, 0.15) is 11.6 Å². The maximum Gasteiger partial charge on any atom is 0.129 e. The van der Waals surface area contributed by atoms with Crippen LogP contribution in [0, 0.1) is 5.82 Å². The van der Waals surface area contributed by atoms with Crippen LogP contribution >= 0.6 is 0 Å². The highest BCUT2D eigenvalue weighted by molar-refractivity contribution is 5.53. The fraction of sp³-hybridized carbons (Fsp3) is 0.375. The monoisotopic (exact) mass is 276 g/mol. The van der Waals surface area contributed by atoms with E-state index in [-0.39, 0.29) is 5.82 Å². The quantitative estimate of drug-likeness (QED) is 0.874. The van der Waals surface area contributed by atoms with Crippen molar-refractivity contribution in [3.05, 3.63) is 53.7 Å². The van der Waals surface area contributed by atoms with Crippen LogP contribution < -0.4 is 10.2 Å². The Bertz CT molecular complexity index is 537. The fourth-order valence-electron chi connectivity index (χ4n) is 2.11. The van der Waals surface area contributed by atoms with E-state index in [0.29, 0.717) is 24.7 Å². The summed E-state index contributed by atoms with van der Waals surface area (Å²) in [6, 6.07) is 9.27. The fourth-order valence-corrected chi connectivity index (χ4v) is 2.11. The van der Waals surface area contributed by atoms with Gasteiger partial charge in [-0.1, -0.05) is 19.9 Å². The lowest BCUT2D eigenvalue weighted by Crippen LogP contribution is -2.25. The Hall–Kier alpha value is -1.81. The van der Waals surface area contributed by atoms with Gasteiger partial charge in [-0.25, -0.2) is 4.39 Å². The van der Waals surface area contributed by atoms with E-state index in [1.54, 1.807) is 12.3 Å². The predicted octanol–water partition coefficient (Wildman–Crippen LogP) is 3.55. The number of hydrogen-bond donors (Lipinski definition) is 1. The minimum Gasteiger partial charge on any atom is -0.467 e. The van der Waals surface area contributed by atoms with Crippen molar-refractivity contribution in [2.45, 2.75) is 33.0 Å². The molecule has 1 heterocycles. The van der Waals surface area contributed by atoms with Crippen molar-refractivity contribution >= 4 is 5.69 Å². The summed E-state index contributed by atoms with van der Waals surface area (Å²) in [5.74, 6) is 0.682. The Morgan fingerprint density at radius 1 is 1.25 bits per heavy atom. The second-order valence-corrected chi connectivity index (χ2v) is 5.21. The first-order chi connectivity index (χ1) is 9.58. The third-order valence-corrected chi connectivity index (χ3v) is 3.17. The van der Waals surface area contributed by atoms with Gasteiger partial charge in [0.15, 0.2) is 0 Å². The van der Waals surface area contributed by atoms with Crippen LogP contribution in [0.5, 0.6) is 0 Å². The molecule has 1 aromatic carbocycles. The molecule has 0 spiro atoms. The van der Waals surface area contributed by atoms with Crippen LogP contribution in [0.25, 0.3) is 0 Å². The molecule has 0 aliphatic rings. The summed E-state index contributed by atoms with van der Waals surface area (Å²) in [6.07, 6.45) is 1.65. The Labute approximate surface area is 119 Å². The molecule has 4 heteroatoms. The first-order valence-corrected chi connectivity index (χ1v) is 6.82. The minimum atomic E-state index is -0.179. The smallest absolute Gasteiger partial charge is 0.129 e. The Morgan fingerprint density at radius 3 is 2.70 bits per heavy atom. The largest absolute Gasteiger partial charge is 0.467 e. The number of benzene rings is 1. The van der Waals surface area contributed by atoms with Crippen LogP contribution in [0.15, 0.2) is 41.0 Å². The molecule has 0 radical (unpaired) electrons. The van der Waals surface area contributed by atoms with Crippen molar-refractivity contribution in [1.82, 2.24) is 5.32 Å². The highest BCUT2D eigenvalue weighted by Gasteiger charge is 2.13. The molecule has 0 atom stereocenters. The molecule has 0 unspecified atom stereocenters. The van der Waals surface area contributed by atoms with Crippen molar-refractivity contribution in [3.8, 4) is 0 Å². The zero-order valence-corrected chi connectivity index (χ0v) is 12.2. The number of nitrogens with zero attached hydrogens (tertiary/aromatic N) is 1. The summed E-state index contributed by atoms with van der Waals surface area (Å²) in [6.45, 7) is 5.23. The zero-order valence-electron chi connectivity index (χ0n) is 12.2. The zero-order chi connectivity index (χ0) is 14.5. The summed E-state index contributed by atoms with van der Waals surface area (Å²) in [5, 5.41) is 3.27. The van der Waals surface area contributed by atoms with Crippen molar-refractivity contribution in [1.29, 1.82) is 0 Å². The number of furan rings is 1. The molecule has 108 valence electrons. The van der Waals surface area contributed by atoms with E-state index >= 15 is 0 Å². The summed E-state index contributed by atoms with van der Waals surface area (Å²) < 4.78 is 19.4. The molecular weight excluding hydrogens is 255 g/mol. The molecule has 1 N–H and O–H groups in total. The van der Waals surface area contributed by atoms with E-state index < -0.39 is 0 Å². The Kier molecular flexibility index (Phi) is 4.79. The third-order valence-electron chi connectivity index (χ3n) is 3.17. The van der Waals surface area contributed by atoms with Crippen LogP contribution in [-0.2, 0) is 13.1 Å². The van der Waals surface area contributed by atoms with Gasteiger partial charge < -0.3 is 14.6 Å². The first-order valence-electron chi connectivity index (χ1n) is 6.82. The summed E-state index contributed by atoms with van der Waals surface area (Å²) >= 11 is 0. The van der Waals surface area contributed by atoms with Gasteiger partial charge in [0.25, 0.3) is 0 Å². The molecule has 0 fully saturated rings. The minimum absolute atomic E-state index is 0.179. The van der Waals surface area contributed by atoms with Gasteiger partial charge in [-0.2, -0.15) is 0 Å². The number of nitrogens with one attached hydrogen (secondary N) is 1. The molecular formula is C16H21FN2O. The maximum atomic E-state index is 14.0. The summed E-state index contributed by atoms with van der Waals surface area (Å²) in [7, 11) is 1.94. The average Bonchev–Trinajstić information content (AvgIpc) is 2.89. The first kappa shape index (κ1) is 14.6. The Morgan fingerprint density at radius 2 is 2.05 bits per heavy atom. The molecule has 2 rings (SSSR count). The topological polar surface area (TPSA) is 28.4 Å². The SMILES string of the molecule is CC(C)NCc1c(F)cccc1N(C)Cc1ccco1. The molecule has 1 aromatic heterocycles. The average molecular weight is 276 g/mol. The van der Waals surface area contributed by atoms with Gasteiger partial charge in [-0.15, -0.1) is 0 Å². The lowest BCUT2D eigenvalue weighted by atomic mass is 10.1. The van der Waals surface area contributed by atoms with Crippen LogP contribution in [-0.4, -0.2) is 13.1 Å². The van der Waals surface area contributed by atoms with E-state index in [9.17, 15) is 4.39 Å². The lowest BCUT2D eigenvalue weighted by molar-refractivity contribution is 0.506. The third kappa shape index (κ3) is 3.61. The summed E-state index contributed by atoms with van der Waals surface area (Å²) in [4.78, 5) is 2.00. The molecule has 0 saturated carbocycles. The van der Waals surface area contributed by atoms with Crippen LogP contribution in [0.3, 0.4) is 0 Å². The van der Waals surface area contributed by atoms with Crippen molar-refractivity contribution in [2.75, 3.05) is 11.9 Å². The Balaban J connectivity index is 2.19. The molecule has 0 aliphatic heterocycles. The molecule has 20 heavy (non-hydrogen) atoms. The van der Waals surface area contributed by atoms with Crippen LogP contribution in [0.4, 0.5) is 10.1 Å². The van der Waals surface area contributed by atoms with Gasteiger partial charge in [-0.3, -0.25) is 0 Å². The van der Waals surface area contributed by atoms with E-state index in [0.717, 1.165) is 11.4 Å². The molecule has 0 bridgehead atoms. The molecule has 0 aliphatic carbocycles. The number of hydrogen-bond acceptors (Lipinski definition) is 3.